The van der Waals surface area contributed by atoms with Gasteiger partial charge in [0.25, 0.3) is 0 Å². The van der Waals surface area contributed by atoms with E-state index in [9.17, 15) is 9.18 Å². The van der Waals surface area contributed by atoms with Gasteiger partial charge in [-0.1, -0.05) is 6.07 Å². The molecule has 0 unspecified atom stereocenters. The minimum Gasteiger partial charge on any atom is -0.297 e. The van der Waals surface area contributed by atoms with Gasteiger partial charge in [-0.2, -0.15) is 10.4 Å². The number of anilines is 1. The number of aromatic nitrogens is 3. The summed E-state index contributed by atoms with van der Waals surface area (Å²) in [6.07, 6.45) is 4.52. The number of nitriles is 1. The fourth-order valence-electron chi connectivity index (χ4n) is 3.35. The van der Waals surface area contributed by atoms with Crippen LogP contribution >= 0.6 is 0 Å². The van der Waals surface area contributed by atoms with Crippen molar-refractivity contribution in [3.05, 3.63) is 65.7 Å². The summed E-state index contributed by atoms with van der Waals surface area (Å²) in [7, 11) is 0. The van der Waals surface area contributed by atoms with Crippen LogP contribution in [0.25, 0.3) is 11.3 Å². The minimum absolute atomic E-state index is 0.00954. The van der Waals surface area contributed by atoms with Crippen LogP contribution in [0.15, 0.2) is 48.8 Å². The van der Waals surface area contributed by atoms with Crippen molar-refractivity contribution in [1.82, 2.24) is 15.2 Å². The molecular formula is C20H16FN5O. The zero-order valence-corrected chi connectivity index (χ0v) is 14.4. The molecule has 0 bridgehead atoms. The Morgan fingerprint density at radius 1 is 1.26 bits per heavy atom. The van der Waals surface area contributed by atoms with E-state index < -0.39 is 5.82 Å². The maximum atomic E-state index is 13.8. The summed E-state index contributed by atoms with van der Waals surface area (Å²) >= 11 is 0. The highest BCUT2D eigenvalue weighted by Gasteiger charge is 2.33. The number of pyridine rings is 1. The molecule has 1 aliphatic rings. The molecule has 0 spiro atoms. The van der Waals surface area contributed by atoms with E-state index in [1.807, 2.05) is 18.2 Å². The number of benzene rings is 1. The van der Waals surface area contributed by atoms with Gasteiger partial charge in [-0.3, -0.25) is 19.8 Å². The van der Waals surface area contributed by atoms with Crippen LogP contribution in [-0.4, -0.2) is 27.6 Å². The van der Waals surface area contributed by atoms with Gasteiger partial charge in [-0.25, -0.2) is 4.39 Å². The van der Waals surface area contributed by atoms with E-state index in [0.717, 1.165) is 11.3 Å². The first-order valence-electron chi connectivity index (χ1n) is 8.61. The molecule has 3 aromatic rings. The zero-order chi connectivity index (χ0) is 18.8. The van der Waals surface area contributed by atoms with Crippen molar-refractivity contribution < 1.29 is 9.18 Å². The number of rotatable bonds is 4. The summed E-state index contributed by atoms with van der Waals surface area (Å²) in [6, 6.07) is 11.9. The summed E-state index contributed by atoms with van der Waals surface area (Å²) < 4.78 is 13.8. The van der Waals surface area contributed by atoms with Gasteiger partial charge in [0.2, 0.25) is 5.91 Å². The van der Waals surface area contributed by atoms with Crippen molar-refractivity contribution in [3.8, 4) is 17.3 Å². The lowest BCUT2D eigenvalue weighted by atomic mass is 9.97. The number of nitrogens with zero attached hydrogens (tertiary/aromatic N) is 4. The van der Waals surface area contributed by atoms with Crippen LogP contribution in [0.4, 0.5) is 10.2 Å². The molecular weight excluding hydrogens is 345 g/mol. The first kappa shape index (κ1) is 16.9. The second-order valence-corrected chi connectivity index (χ2v) is 6.48. The van der Waals surface area contributed by atoms with E-state index in [1.165, 1.54) is 12.1 Å². The van der Waals surface area contributed by atoms with E-state index in [0.29, 0.717) is 30.8 Å². The number of halogens is 1. The Bertz CT molecular complexity index is 1020. The molecule has 0 saturated carbocycles. The molecule has 3 heterocycles. The predicted molar refractivity (Wildman–Crippen MR) is 97.1 cm³/mol. The predicted octanol–water partition coefficient (Wildman–Crippen LogP) is 3.08. The molecule has 2 aromatic heterocycles. The second kappa shape index (κ2) is 7.00. The Morgan fingerprint density at radius 3 is 2.81 bits per heavy atom. The Labute approximate surface area is 155 Å². The Morgan fingerprint density at radius 2 is 2.07 bits per heavy atom. The number of amides is 1. The first-order chi connectivity index (χ1) is 13.2. The Balaban J connectivity index is 1.48. The number of carbonyl (C=O) groups excluding carboxylic acids is 1. The molecule has 1 aliphatic heterocycles. The van der Waals surface area contributed by atoms with Crippen molar-refractivity contribution in [2.75, 3.05) is 11.4 Å². The highest BCUT2D eigenvalue weighted by Crippen LogP contribution is 2.29. The lowest BCUT2D eigenvalue weighted by Crippen LogP contribution is -2.28. The van der Waals surface area contributed by atoms with Gasteiger partial charge < -0.3 is 0 Å². The SMILES string of the molecule is N#Cc1ccc(C[C@H]2CCN(c3cc(-c4ccncc4)n[nH]3)C2=O)cc1F. The Hall–Kier alpha value is -3.53. The molecule has 0 aliphatic carbocycles. The van der Waals surface area contributed by atoms with Crippen LogP contribution < -0.4 is 4.90 Å². The largest absolute Gasteiger partial charge is 0.297 e. The summed E-state index contributed by atoms with van der Waals surface area (Å²) in [5, 5.41) is 16.0. The highest BCUT2D eigenvalue weighted by atomic mass is 19.1. The van der Waals surface area contributed by atoms with Crippen molar-refractivity contribution >= 4 is 11.7 Å². The number of aromatic amines is 1. The van der Waals surface area contributed by atoms with Crippen molar-refractivity contribution in [1.29, 1.82) is 5.26 Å². The molecule has 1 atom stereocenters. The number of carbonyl (C=O) groups is 1. The smallest absolute Gasteiger partial charge is 0.231 e. The maximum Gasteiger partial charge on any atom is 0.231 e. The van der Waals surface area contributed by atoms with Crippen LogP contribution in [-0.2, 0) is 11.2 Å². The van der Waals surface area contributed by atoms with Gasteiger partial charge in [0, 0.05) is 36.5 Å². The highest BCUT2D eigenvalue weighted by molar-refractivity contribution is 5.96. The number of hydrogen-bond donors (Lipinski definition) is 1. The second-order valence-electron chi connectivity index (χ2n) is 6.48. The summed E-state index contributed by atoms with van der Waals surface area (Å²) in [5.41, 5.74) is 2.40. The quantitative estimate of drug-likeness (QED) is 0.774. The average molecular weight is 361 g/mol. The molecule has 4 rings (SSSR count). The third-order valence-corrected chi connectivity index (χ3v) is 4.78. The van der Waals surface area contributed by atoms with Crippen molar-refractivity contribution in [2.45, 2.75) is 12.8 Å². The number of nitrogens with one attached hydrogen (secondary N) is 1. The summed E-state index contributed by atoms with van der Waals surface area (Å²) in [4.78, 5) is 18.5. The molecule has 27 heavy (non-hydrogen) atoms. The van der Waals surface area contributed by atoms with Crippen LogP contribution in [0.2, 0.25) is 0 Å². The van der Waals surface area contributed by atoms with Crippen LogP contribution in [0.5, 0.6) is 0 Å². The molecule has 1 aromatic carbocycles. The first-order valence-corrected chi connectivity index (χ1v) is 8.61. The third kappa shape index (κ3) is 3.29. The minimum atomic E-state index is -0.548. The molecule has 0 radical (unpaired) electrons. The van der Waals surface area contributed by atoms with Gasteiger partial charge in [0.15, 0.2) is 0 Å². The standard InChI is InChI=1S/C20H16FN5O/c21-17-10-13(1-2-16(17)12-22)9-15-5-8-26(20(15)27)19-11-18(24-25-19)14-3-6-23-7-4-14/h1-4,6-7,10-11,15H,5,8-9H2,(H,24,25)/t15-/m1/s1. The van der Waals surface area contributed by atoms with Crippen LogP contribution in [0, 0.1) is 23.1 Å². The number of hydrogen-bond acceptors (Lipinski definition) is 4. The van der Waals surface area contributed by atoms with E-state index in [2.05, 4.69) is 15.2 Å². The third-order valence-electron chi connectivity index (χ3n) is 4.78. The lowest BCUT2D eigenvalue weighted by Gasteiger charge is -2.14. The molecule has 1 amide bonds. The average Bonchev–Trinajstić information content (AvgIpc) is 3.30. The van der Waals surface area contributed by atoms with Gasteiger partial charge in [0.1, 0.15) is 17.7 Å². The lowest BCUT2D eigenvalue weighted by molar-refractivity contribution is -0.120. The molecule has 134 valence electrons. The zero-order valence-electron chi connectivity index (χ0n) is 14.4. The Kier molecular flexibility index (Phi) is 4.38. The fraction of sp³-hybridized carbons (Fsp3) is 0.200. The number of H-pyrrole nitrogens is 1. The van der Waals surface area contributed by atoms with Gasteiger partial charge >= 0.3 is 0 Å². The van der Waals surface area contributed by atoms with Gasteiger partial charge in [-0.15, -0.1) is 0 Å². The molecule has 1 saturated heterocycles. The maximum absolute atomic E-state index is 13.8. The fourth-order valence-corrected chi connectivity index (χ4v) is 3.35. The van der Waals surface area contributed by atoms with Crippen molar-refractivity contribution in [3.63, 3.8) is 0 Å². The van der Waals surface area contributed by atoms with Gasteiger partial charge in [0.05, 0.1) is 11.3 Å². The molecule has 1 fully saturated rings. The van der Waals surface area contributed by atoms with E-state index in [1.54, 1.807) is 29.4 Å². The van der Waals surface area contributed by atoms with Crippen molar-refractivity contribution in [2.24, 2.45) is 5.92 Å². The monoisotopic (exact) mass is 361 g/mol. The van der Waals surface area contributed by atoms with E-state index in [-0.39, 0.29) is 17.4 Å². The van der Waals surface area contributed by atoms with Crippen LogP contribution in [0.1, 0.15) is 17.5 Å². The molecule has 7 heteroatoms. The summed E-state index contributed by atoms with van der Waals surface area (Å²) in [6.45, 7) is 0.584. The van der Waals surface area contributed by atoms with E-state index >= 15 is 0 Å². The van der Waals surface area contributed by atoms with Crippen LogP contribution in [0.3, 0.4) is 0 Å². The normalized spacial score (nSPS) is 16.5. The summed E-state index contributed by atoms with van der Waals surface area (Å²) in [5.74, 6) is -0.122. The molecule has 6 nitrogen and oxygen atoms in total. The van der Waals surface area contributed by atoms with E-state index in [4.69, 9.17) is 5.26 Å². The van der Waals surface area contributed by atoms with Gasteiger partial charge in [-0.05, 0) is 42.7 Å². The topological polar surface area (TPSA) is 85.7 Å². The molecule has 1 N–H and O–H groups in total.